The Labute approximate surface area is 216 Å². The maximum atomic E-state index is 13.4. The van der Waals surface area contributed by atoms with E-state index in [9.17, 15) is 14.7 Å². The number of hydrogen-bond acceptors (Lipinski definition) is 3. The topological polar surface area (TPSA) is 69.6 Å². The quantitative estimate of drug-likeness (QED) is 0.584. The molecule has 2 aliphatic carbocycles. The number of fused-ring (bicyclic) bond motifs is 1. The van der Waals surface area contributed by atoms with E-state index in [2.05, 4.69) is 19.2 Å². The number of aliphatic hydroxyl groups excluding tert-OH is 1. The van der Waals surface area contributed by atoms with Crippen LogP contribution in [-0.2, 0) is 22.6 Å². The molecule has 0 heterocycles. The summed E-state index contributed by atoms with van der Waals surface area (Å²) >= 11 is 0. The molecule has 36 heavy (non-hydrogen) atoms. The van der Waals surface area contributed by atoms with Gasteiger partial charge >= 0.3 is 0 Å². The van der Waals surface area contributed by atoms with Crippen LogP contribution in [0.3, 0.4) is 0 Å². The van der Waals surface area contributed by atoms with Gasteiger partial charge in [-0.05, 0) is 60.0 Å². The fourth-order valence-electron chi connectivity index (χ4n) is 7.00. The van der Waals surface area contributed by atoms with Crippen molar-refractivity contribution in [1.82, 2.24) is 10.2 Å². The van der Waals surface area contributed by atoms with Crippen LogP contribution in [0.25, 0.3) is 0 Å². The zero-order valence-electron chi connectivity index (χ0n) is 22.2. The monoisotopic (exact) mass is 490 g/mol. The third-order valence-electron chi connectivity index (χ3n) is 9.11. The van der Waals surface area contributed by atoms with E-state index in [1.807, 2.05) is 74.6 Å². The molecule has 0 spiro atoms. The first-order valence-corrected chi connectivity index (χ1v) is 13.5. The average molecular weight is 491 g/mol. The van der Waals surface area contributed by atoms with Crippen LogP contribution in [0.15, 0.2) is 60.7 Å². The first-order chi connectivity index (χ1) is 17.2. The normalized spacial score (nSPS) is 30.6. The van der Waals surface area contributed by atoms with E-state index in [1.165, 1.54) is 0 Å². The Morgan fingerprint density at radius 1 is 1.03 bits per heavy atom. The second kappa shape index (κ2) is 11.2. The van der Waals surface area contributed by atoms with E-state index in [0.717, 1.165) is 36.8 Å². The van der Waals surface area contributed by atoms with Crippen LogP contribution in [0.5, 0.6) is 0 Å². The number of carbonyl (C=O) groups excluding carboxylic acids is 2. The lowest BCUT2D eigenvalue weighted by molar-refractivity contribution is -0.150. The average Bonchev–Trinajstić information content (AvgIpc) is 2.86. The van der Waals surface area contributed by atoms with Gasteiger partial charge in [-0.2, -0.15) is 0 Å². The third-order valence-corrected chi connectivity index (χ3v) is 9.11. The molecule has 0 saturated heterocycles. The second-order valence-electron chi connectivity index (χ2n) is 11.6. The Hall–Kier alpha value is -2.66. The Kier molecular flexibility index (Phi) is 8.19. The molecular weight excluding hydrogens is 448 g/mol. The number of rotatable bonds is 7. The fourth-order valence-corrected chi connectivity index (χ4v) is 7.00. The van der Waals surface area contributed by atoms with Crippen molar-refractivity contribution in [3.8, 4) is 0 Å². The van der Waals surface area contributed by atoms with E-state index in [-0.39, 0.29) is 46.9 Å². The highest BCUT2D eigenvalue weighted by Crippen LogP contribution is 2.55. The summed E-state index contributed by atoms with van der Waals surface area (Å²) in [7, 11) is 1.85. The molecule has 194 valence electrons. The van der Waals surface area contributed by atoms with Gasteiger partial charge < -0.3 is 15.3 Å². The van der Waals surface area contributed by atoms with Crippen LogP contribution in [-0.4, -0.2) is 41.0 Å². The highest BCUT2D eigenvalue weighted by Gasteiger charge is 2.54. The molecule has 0 aromatic heterocycles. The molecule has 4 rings (SSSR count). The maximum absolute atomic E-state index is 13.4. The number of nitrogens with zero attached hydrogens (tertiary/aromatic N) is 1. The van der Waals surface area contributed by atoms with Gasteiger partial charge in [-0.15, -0.1) is 0 Å². The minimum atomic E-state index is -0.559. The van der Waals surface area contributed by atoms with E-state index < -0.39 is 6.10 Å². The standard InChI is InChI=1S/C31H42N2O3/c1-21(30(36)33(4)20-24-13-9-6-10-14-24)25-15-17-31(3)18-16-26(22(2)28(31)29(25)35)32-27(34)19-23-11-7-5-8-12-23/h5-14,21-22,25-26,28-29,35H,15-20H2,1-4H3,(H,32,34)/t21-,22+,25?,26-,28+,29-,31-/m0/s1. The molecule has 2 aromatic carbocycles. The van der Waals surface area contributed by atoms with Gasteiger partial charge in [-0.1, -0.05) is 81.4 Å². The molecule has 0 bridgehead atoms. The summed E-state index contributed by atoms with van der Waals surface area (Å²) in [6.45, 7) is 7.02. The van der Waals surface area contributed by atoms with Crippen LogP contribution in [0, 0.1) is 29.1 Å². The Bertz CT molecular complexity index is 1030. The molecule has 1 unspecified atom stereocenters. The molecule has 5 heteroatoms. The number of carbonyl (C=O) groups is 2. The molecule has 2 amide bonds. The van der Waals surface area contributed by atoms with Gasteiger partial charge in [0.05, 0.1) is 12.5 Å². The number of nitrogens with one attached hydrogen (secondary N) is 1. The summed E-state index contributed by atoms with van der Waals surface area (Å²) in [5.41, 5.74) is 2.15. The predicted octanol–water partition coefficient (Wildman–Crippen LogP) is 4.83. The summed E-state index contributed by atoms with van der Waals surface area (Å²) in [6, 6.07) is 19.9. The maximum Gasteiger partial charge on any atom is 0.225 e. The van der Waals surface area contributed by atoms with E-state index in [4.69, 9.17) is 0 Å². The van der Waals surface area contributed by atoms with Gasteiger partial charge in [0, 0.05) is 25.6 Å². The van der Waals surface area contributed by atoms with Crippen molar-refractivity contribution < 1.29 is 14.7 Å². The molecule has 7 atom stereocenters. The van der Waals surface area contributed by atoms with Gasteiger partial charge in [0.25, 0.3) is 0 Å². The smallest absolute Gasteiger partial charge is 0.225 e. The Morgan fingerprint density at radius 2 is 1.61 bits per heavy atom. The van der Waals surface area contributed by atoms with Crippen molar-refractivity contribution in [3.63, 3.8) is 0 Å². The summed E-state index contributed by atoms with van der Waals surface area (Å²) in [5.74, 6) is -0.00174. The lowest BCUT2D eigenvalue weighted by atomic mass is 9.51. The Balaban J connectivity index is 1.42. The lowest BCUT2D eigenvalue weighted by Gasteiger charge is -2.56. The van der Waals surface area contributed by atoms with Crippen LogP contribution in [0.2, 0.25) is 0 Å². The van der Waals surface area contributed by atoms with Crippen molar-refractivity contribution in [1.29, 1.82) is 0 Å². The molecule has 0 radical (unpaired) electrons. The highest BCUT2D eigenvalue weighted by atomic mass is 16.3. The number of aliphatic hydroxyl groups is 1. The number of amides is 2. The van der Waals surface area contributed by atoms with Crippen molar-refractivity contribution in [3.05, 3.63) is 71.8 Å². The molecule has 2 aromatic rings. The van der Waals surface area contributed by atoms with Crippen LogP contribution >= 0.6 is 0 Å². The first kappa shape index (κ1) is 26.4. The summed E-state index contributed by atoms with van der Waals surface area (Å²) in [5, 5.41) is 15.0. The molecule has 2 N–H and O–H groups in total. The summed E-state index contributed by atoms with van der Waals surface area (Å²) in [6.07, 6.45) is 3.60. The van der Waals surface area contributed by atoms with E-state index >= 15 is 0 Å². The van der Waals surface area contributed by atoms with Gasteiger partial charge in [-0.3, -0.25) is 9.59 Å². The molecule has 2 fully saturated rings. The zero-order valence-corrected chi connectivity index (χ0v) is 22.2. The van der Waals surface area contributed by atoms with Gasteiger partial charge in [-0.25, -0.2) is 0 Å². The van der Waals surface area contributed by atoms with Crippen molar-refractivity contribution in [2.24, 2.45) is 29.1 Å². The van der Waals surface area contributed by atoms with Gasteiger partial charge in [0.1, 0.15) is 0 Å². The fraction of sp³-hybridized carbons (Fsp3) is 0.548. The molecule has 2 aliphatic rings. The van der Waals surface area contributed by atoms with Crippen LogP contribution in [0.4, 0.5) is 0 Å². The molecule has 0 aliphatic heterocycles. The van der Waals surface area contributed by atoms with Crippen LogP contribution in [0.1, 0.15) is 57.6 Å². The molecular formula is C31H42N2O3. The van der Waals surface area contributed by atoms with E-state index in [1.54, 1.807) is 4.90 Å². The minimum Gasteiger partial charge on any atom is -0.392 e. The zero-order chi connectivity index (χ0) is 25.9. The number of benzene rings is 2. The molecule has 5 nitrogen and oxygen atoms in total. The number of hydrogen-bond donors (Lipinski definition) is 2. The van der Waals surface area contributed by atoms with Gasteiger partial charge in [0.2, 0.25) is 11.8 Å². The second-order valence-corrected chi connectivity index (χ2v) is 11.6. The van der Waals surface area contributed by atoms with E-state index in [0.29, 0.717) is 13.0 Å². The third kappa shape index (κ3) is 5.67. The summed E-state index contributed by atoms with van der Waals surface area (Å²) < 4.78 is 0. The SMILES string of the molecule is C[C@H]1[C@@H]2[C@@H](O)C([C@H](C)C(=O)N(C)Cc3ccccc3)CC[C@@]2(C)CC[C@@H]1NC(=O)Cc1ccccc1. The predicted molar refractivity (Wildman–Crippen MR) is 143 cm³/mol. The Morgan fingerprint density at radius 3 is 2.25 bits per heavy atom. The largest absolute Gasteiger partial charge is 0.392 e. The van der Waals surface area contributed by atoms with Crippen LogP contribution < -0.4 is 5.32 Å². The van der Waals surface area contributed by atoms with Crippen molar-refractivity contribution in [2.45, 2.75) is 71.6 Å². The van der Waals surface area contributed by atoms with Crippen molar-refractivity contribution >= 4 is 11.8 Å². The first-order valence-electron chi connectivity index (χ1n) is 13.5. The summed E-state index contributed by atoms with van der Waals surface area (Å²) in [4.78, 5) is 28.0. The lowest BCUT2D eigenvalue weighted by Crippen LogP contribution is -2.58. The molecule has 2 saturated carbocycles. The van der Waals surface area contributed by atoms with Crippen molar-refractivity contribution in [2.75, 3.05) is 7.05 Å². The van der Waals surface area contributed by atoms with Gasteiger partial charge in [0.15, 0.2) is 0 Å². The minimum absolute atomic E-state index is 0.0364. The highest BCUT2D eigenvalue weighted by molar-refractivity contribution is 5.79.